The molecule has 0 fully saturated rings. The molecule has 1 unspecified atom stereocenters. The molecule has 0 saturated heterocycles. The van der Waals surface area contributed by atoms with Crippen LogP contribution in [0.1, 0.15) is 32.3 Å². The molecule has 19 heavy (non-hydrogen) atoms. The molecule has 1 aromatic rings. The van der Waals surface area contributed by atoms with Gasteiger partial charge >= 0.3 is 0 Å². The third kappa shape index (κ3) is 4.75. The largest absolute Gasteiger partial charge is 0.496 e. The van der Waals surface area contributed by atoms with Crippen molar-refractivity contribution in [3.8, 4) is 5.75 Å². The number of alkyl halides is 1. The van der Waals surface area contributed by atoms with Gasteiger partial charge in [0.1, 0.15) is 5.75 Å². The average Bonchev–Trinajstić information content (AvgIpc) is 2.39. The first-order valence-electron chi connectivity index (χ1n) is 6.53. The number of rotatable bonds is 7. The maximum Gasteiger partial charge on any atom is 0.224 e. The fourth-order valence-corrected chi connectivity index (χ4v) is 2.36. The zero-order valence-corrected chi connectivity index (χ0v) is 12.6. The molecule has 1 aromatic carbocycles. The summed E-state index contributed by atoms with van der Waals surface area (Å²) in [4.78, 5) is 12.1. The number of benzene rings is 1. The van der Waals surface area contributed by atoms with E-state index in [1.54, 1.807) is 7.11 Å². The molecule has 3 nitrogen and oxygen atoms in total. The molecule has 1 N–H and O–H groups in total. The standard InChI is InChI=1S/C15H22ClNO2/c1-4-15(2,9-10-16)17-14(18)11-12-7-5-6-8-13(12)19-3/h5-8H,4,9-11H2,1-3H3,(H,17,18). The molecule has 1 atom stereocenters. The molecule has 0 aliphatic heterocycles. The fraction of sp³-hybridized carbons (Fsp3) is 0.533. The second-order valence-corrected chi connectivity index (χ2v) is 5.27. The Labute approximate surface area is 120 Å². The van der Waals surface area contributed by atoms with Gasteiger partial charge in [-0.25, -0.2) is 0 Å². The van der Waals surface area contributed by atoms with Gasteiger partial charge < -0.3 is 10.1 Å². The van der Waals surface area contributed by atoms with Crippen LogP contribution in [-0.4, -0.2) is 24.4 Å². The van der Waals surface area contributed by atoms with Gasteiger partial charge in [-0.1, -0.05) is 25.1 Å². The van der Waals surface area contributed by atoms with Gasteiger partial charge in [-0.15, -0.1) is 11.6 Å². The van der Waals surface area contributed by atoms with E-state index in [4.69, 9.17) is 16.3 Å². The Morgan fingerprint density at radius 3 is 2.68 bits per heavy atom. The molecular weight excluding hydrogens is 262 g/mol. The van der Waals surface area contributed by atoms with E-state index in [0.717, 1.165) is 24.2 Å². The Bertz CT molecular complexity index is 422. The lowest BCUT2D eigenvalue weighted by atomic mass is 9.95. The summed E-state index contributed by atoms with van der Waals surface area (Å²) in [6.07, 6.45) is 1.95. The van der Waals surface area contributed by atoms with Gasteiger partial charge in [-0.2, -0.15) is 0 Å². The van der Waals surface area contributed by atoms with Gasteiger partial charge in [-0.05, 0) is 25.8 Å². The summed E-state index contributed by atoms with van der Waals surface area (Å²) in [5, 5.41) is 3.06. The summed E-state index contributed by atoms with van der Waals surface area (Å²) >= 11 is 5.78. The van der Waals surface area contributed by atoms with E-state index in [1.807, 2.05) is 31.2 Å². The Hall–Kier alpha value is -1.22. The second kappa shape index (κ2) is 7.39. The van der Waals surface area contributed by atoms with E-state index in [-0.39, 0.29) is 11.4 Å². The zero-order valence-electron chi connectivity index (χ0n) is 11.8. The molecular formula is C15H22ClNO2. The smallest absolute Gasteiger partial charge is 0.224 e. The third-order valence-corrected chi connectivity index (χ3v) is 3.60. The van der Waals surface area contributed by atoms with E-state index in [1.165, 1.54) is 0 Å². The van der Waals surface area contributed by atoms with E-state index in [2.05, 4.69) is 12.2 Å². The van der Waals surface area contributed by atoms with Crippen LogP contribution in [0.4, 0.5) is 0 Å². The monoisotopic (exact) mass is 283 g/mol. The predicted molar refractivity (Wildman–Crippen MR) is 78.9 cm³/mol. The third-order valence-electron chi connectivity index (χ3n) is 3.41. The van der Waals surface area contributed by atoms with Gasteiger partial charge in [0.2, 0.25) is 5.91 Å². The van der Waals surface area contributed by atoms with Crippen molar-refractivity contribution in [3.63, 3.8) is 0 Å². The molecule has 0 bridgehead atoms. The number of nitrogens with one attached hydrogen (secondary N) is 1. The van der Waals surface area contributed by atoms with Crippen molar-refractivity contribution in [2.75, 3.05) is 13.0 Å². The van der Waals surface area contributed by atoms with Gasteiger partial charge in [0.25, 0.3) is 0 Å². The Morgan fingerprint density at radius 1 is 1.42 bits per heavy atom. The topological polar surface area (TPSA) is 38.3 Å². The number of hydrogen-bond acceptors (Lipinski definition) is 2. The molecule has 4 heteroatoms. The van der Waals surface area contributed by atoms with E-state index in [9.17, 15) is 4.79 Å². The quantitative estimate of drug-likeness (QED) is 0.781. The van der Waals surface area contributed by atoms with Crippen molar-refractivity contribution in [1.29, 1.82) is 0 Å². The summed E-state index contributed by atoms with van der Waals surface area (Å²) in [6.45, 7) is 4.07. The van der Waals surface area contributed by atoms with Crippen LogP contribution in [0.2, 0.25) is 0 Å². The number of hydrogen-bond donors (Lipinski definition) is 1. The van der Waals surface area contributed by atoms with Gasteiger partial charge in [0.05, 0.1) is 13.5 Å². The number of carbonyl (C=O) groups excluding carboxylic acids is 1. The average molecular weight is 284 g/mol. The number of carbonyl (C=O) groups is 1. The first-order valence-corrected chi connectivity index (χ1v) is 7.07. The van der Waals surface area contributed by atoms with Gasteiger partial charge in [-0.3, -0.25) is 4.79 Å². The molecule has 0 heterocycles. The van der Waals surface area contributed by atoms with Crippen LogP contribution in [-0.2, 0) is 11.2 Å². The maximum atomic E-state index is 12.1. The number of halogens is 1. The van der Waals surface area contributed by atoms with Crippen LogP contribution in [0.5, 0.6) is 5.75 Å². The lowest BCUT2D eigenvalue weighted by Gasteiger charge is -2.29. The minimum absolute atomic E-state index is 0.000957. The highest BCUT2D eigenvalue weighted by atomic mass is 35.5. The Kier molecular flexibility index (Phi) is 6.16. The molecule has 0 aliphatic carbocycles. The molecule has 0 aromatic heterocycles. The summed E-state index contributed by atoms with van der Waals surface area (Å²) in [6, 6.07) is 7.57. The molecule has 0 aliphatic rings. The van der Waals surface area contributed by atoms with Crippen LogP contribution >= 0.6 is 11.6 Å². The van der Waals surface area contributed by atoms with Gasteiger partial charge in [0.15, 0.2) is 0 Å². The first kappa shape index (κ1) is 15.8. The highest BCUT2D eigenvalue weighted by Crippen LogP contribution is 2.19. The maximum absolute atomic E-state index is 12.1. The van der Waals surface area contributed by atoms with Crippen LogP contribution in [0, 0.1) is 0 Å². The molecule has 0 radical (unpaired) electrons. The first-order chi connectivity index (χ1) is 9.04. The minimum Gasteiger partial charge on any atom is -0.496 e. The van der Waals surface area contributed by atoms with Crippen molar-refractivity contribution < 1.29 is 9.53 Å². The molecule has 0 spiro atoms. The van der Waals surface area contributed by atoms with Gasteiger partial charge in [0, 0.05) is 17.0 Å². The number of para-hydroxylation sites is 1. The number of ether oxygens (including phenoxy) is 1. The summed E-state index contributed by atoms with van der Waals surface area (Å²) < 4.78 is 5.25. The highest BCUT2D eigenvalue weighted by Gasteiger charge is 2.23. The van der Waals surface area contributed by atoms with Crippen molar-refractivity contribution in [1.82, 2.24) is 5.32 Å². The highest BCUT2D eigenvalue weighted by molar-refractivity contribution is 6.17. The van der Waals surface area contributed by atoms with Crippen molar-refractivity contribution in [3.05, 3.63) is 29.8 Å². The summed E-state index contributed by atoms with van der Waals surface area (Å²) in [5.41, 5.74) is 0.660. The van der Waals surface area contributed by atoms with Crippen molar-refractivity contribution >= 4 is 17.5 Å². The van der Waals surface area contributed by atoms with E-state index in [0.29, 0.717) is 12.3 Å². The lowest BCUT2D eigenvalue weighted by Crippen LogP contribution is -2.46. The SMILES string of the molecule is CCC(C)(CCCl)NC(=O)Cc1ccccc1OC. The van der Waals surface area contributed by atoms with Crippen LogP contribution in [0.25, 0.3) is 0 Å². The summed E-state index contributed by atoms with van der Waals surface area (Å²) in [7, 11) is 1.61. The molecule has 0 saturated carbocycles. The lowest BCUT2D eigenvalue weighted by molar-refractivity contribution is -0.122. The number of amides is 1. The number of methoxy groups -OCH3 is 1. The normalized spacial score (nSPS) is 13.7. The molecule has 106 valence electrons. The van der Waals surface area contributed by atoms with E-state index >= 15 is 0 Å². The molecule has 1 amide bonds. The fourth-order valence-electron chi connectivity index (χ4n) is 1.94. The second-order valence-electron chi connectivity index (χ2n) is 4.89. The van der Waals surface area contributed by atoms with Crippen molar-refractivity contribution in [2.24, 2.45) is 0 Å². The van der Waals surface area contributed by atoms with Crippen molar-refractivity contribution in [2.45, 2.75) is 38.6 Å². The zero-order chi connectivity index (χ0) is 14.3. The Balaban J connectivity index is 2.69. The van der Waals surface area contributed by atoms with Crippen LogP contribution < -0.4 is 10.1 Å². The van der Waals surface area contributed by atoms with E-state index < -0.39 is 0 Å². The van der Waals surface area contributed by atoms with Crippen LogP contribution in [0.15, 0.2) is 24.3 Å². The Morgan fingerprint density at radius 2 is 2.11 bits per heavy atom. The van der Waals surface area contributed by atoms with Crippen LogP contribution in [0.3, 0.4) is 0 Å². The minimum atomic E-state index is -0.235. The molecule has 1 rings (SSSR count). The summed E-state index contributed by atoms with van der Waals surface area (Å²) in [5.74, 6) is 1.28. The predicted octanol–water partition coefficient (Wildman–Crippen LogP) is 3.15.